The number of aryl methyl sites for hydroxylation is 3. The minimum Gasteiger partial charge on any atom is -0.387 e. The van der Waals surface area contributed by atoms with Crippen LogP contribution in [0, 0.1) is 20.8 Å². The van der Waals surface area contributed by atoms with Crippen molar-refractivity contribution in [3.05, 3.63) is 34.4 Å². The maximum atomic E-state index is 10.5. The third-order valence-electron chi connectivity index (χ3n) is 3.70. The summed E-state index contributed by atoms with van der Waals surface area (Å²) in [7, 11) is 2.09. The average molecular weight is 263 g/mol. The fourth-order valence-corrected chi connectivity index (χ4v) is 2.83. The van der Waals surface area contributed by atoms with E-state index in [1.165, 1.54) is 36.0 Å². The van der Waals surface area contributed by atoms with Crippen molar-refractivity contribution in [2.24, 2.45) is 0 Å². The molecule has 2 heteroatoms. The molecular formula is C17H29NO. The molecule has 0 saturated carbocycles. The second kappa shape index (κ2) is 7.66. The lowest BCUT2D eigenvalue weighted by atomic mass is 9.95. The van der Waals surface area contributed by atoms with E-state index in [-0.39, 0.29) is 6.10 Å². The van der Waals surface area contributed by atoms with Gasteiger partial charge in [0, 0.05) is 6.54 Å². The van der Waals surface area contributed by atoms with Gasteiger partial charge in [-0.2, -0.15) is 0 Å². The molecule has 0 aliphatic heterocycles. The Morgan fingerprint density at radius 2 is 1.68 bits per heavy atom. The van der Waals surface area contributed by atoms with E-state index in [2.05, 4.69) is 51.8 Å². The van der Waals surface area contributed by atoms with Crippen molar-refractivity contribution < 1.29 is 5.11 Å². The average Bonchev–Trinajstić information content (AvgIpc) is 2.27. The van der Waals surface area contributed by atoms with Gasteiger partial charge in [-0.1, -0.05) is 37.5 Å². The highest BCUT2D eigenvalue weighted by Crippen LogP contribution is 2.24. The van der Waals surface area contributed by atoms with E-state index in [0.29, 0.717) is 6.54 Å². The molecular weight excluding hydrogens is 234 g/mol. The highest BCUT2D eigenvalue weighted by atomic mass is 16.3. The van der Waals surface area contributed by atoms with E-state index in [0.717, 1.165) is 12.1 Å². The maximum Gasteiger partial charge on any atom is 0.0921 e. The molecule has 1 aromatic rings. The van der Waals surface area contributed by atoms with Crippen LogP contribution in [0.3, 0.4) is 0 Å². The lowest BCUT2D eigenvalue weighted by molar-refractivity contribution is 0.125. The molecule has 1 N–H and O–H groups in total. The standard InChI is InChI=1S/C17H29NO/c1-6-7-8-9-18(5)12-16(19)17-14(3)10-13(2)11-15(17)4/h10-11,16,19H,6-9,12H2,1-5H3. The summed E-state index contributed by atoms with van der Waals surface area (Å²) in [5.41, 5.74) is 4.77. The van der Waals surface area contributed by atoms with Gasteiger partial charge in [-0.05, 0) is 57.5 Å². The molecule has 0 aliphatic carbocycles. The molecule has 0 amide bonds. The summed E-state index contributed by atoms with van der Waals surface area (Å²) in [5, 5.41) is 10.5. The first kappa shape index (κ1) is 16.2. The lowest BCUT2D eigenvalue weighted by Gasteiger charge is -2.23. The quantitative estimate of drug-likeness (QED) is 0.757. The number of likely N-dealkylation sites (N-methyl/N-ethyl adjacent to an activating group) is 1. The zero-order chi connectivity index (χ0) is 14.4. The predicted molar refractivity (Wildman–Crippen MR) is 82.6 cm³/mol. The molecule has 19 heavy (non-hydrogen) atoms. The Kier molecular flexibility index (Phi) is 6.53. The van der Waals surface area contributed by atoms with Crippen LogP contribution in [0.4, 0.5) is 0 Å². The first-order valence-electron chi connectivity index (χ1n) is 7.40. The number of aliphatic hydroxyl groups excluding tert-OH is 1. The Hall–Kier alpha value is -0.860. The topological polar surface area (TPSA) is 23.5 Å². The molecule has 2 nitrogen and oxygen atoms in total. The summed E-state index contributed by atoms with van der Waals surface area (Å²) < 4.78 is 0. The van der Waals surface area contributed by atoms with Crippen molar-refractivity contribution in [2.45, 2.75) is 53.1 Å². The van der Waals surface area contributed by atoms with Gasteiger partial charge in [-0.15, -0.1) is 0 Å². The number of hydrogen-bond donors (Lipinski definition) is 1. The van der Waals surface area contributed by atoms with E-state index >= 15 is 0 Å². The van der Waals surface area contributed by atoms with Crippen LogP contribution in [-0.4, -0.2) is 30.1 Å². The smallest absolute Gasteiger partial charge is 0.0921 e. The van der Waals surface area contributed by atoms with E-state index in [1.807, 2.05) is 0 Å². The zero-order valence-corrected chi connectivity index (χ0v) is 13.2. The minimum absolute atomic E-state index is 0.382. The Labute approximate surface area is 118 Å². The second-order valence-electron chi connectivity index (χ2n) is 5.80. The lowest BCUT2D eigenvalue weighted by Crippen LogP contribution is -2.26. The third kappa shape index (κ3) is 4.96. The van der Waals surface area contributed by atoms with E-state index < -0.39 is 0 Å². The molecule has 0 radical (unpaired) electrons. The van der Waals surface area contributed by atoms with Crippen LogP contribution in [-0.2, 0) is 0 Å². The molecule has 0 saturated heterocycles. The molecule has 1 rings (SSSR count). The number of rotatable bonds is 7. The van der Waals surface area contributed by atoms with Gasteiger partial charge in [-0.3, -0.25) is 0 Å². The summed E-state index contributed by atoms with van der Waals surface area (Å²) in [6, 6.07) is 4.31. The summed E-state index contributed by atoms with van der Waals surface area (Å²) >= 11 is 0. The van der Waals surface area contributed by atoms with Crippen LogP contribution in [0.1, 0.15) is 54.5 Å². The van der Waals surface area contributed by atoms with E-state index in [1.54, 1.807) is 0 Å². The van der Waals surface area contributed by atoms with Gasteiger partial charge in [0.25, 0.3) is 0 Å². The van der Waals surface area contributed by atoms with E-state index in [4.69, 9.17) is 0 Å². The fraction of sp³-hybridized carbons (Fsp3) is 0.647. The van der Waals surface area contributed by atoms with Crippen LogP contribution >= 0.6 is 0 Å². The Morgan fingerprint density at radius 3 is 2.21 bits per heavy atom. The molecule has 0 aliphatic rings. The first-order chi connectivity index (χ1) is 8.95. The Bertz CT molecular complexity index is 377. The number of nitrogens with zero attached hydrogens (tertiary/aromatic N) is 1. The summed E-state index contributed by atoms with van der Waals surface area (Å²) in [6.07, 6.45) is 3.34. The van der Waals surface area contributed by atoms with Crippen molar-refractivity contribution >= 4 is 0 Å². The van der Waals surface area contributed by atoms with Crippen molar-refractivity contribution in [1.29, 1.82) is 0 Å². The summed E-state index contributed by atoms with van der Waals surface area (Å²) in [4.78, 5) is 2.24. The molecule has 1 atom stereocenters. The maximum absolute atomic E-state index is 10.5. The van der Waals surface area contributed by atoms with Crippen LogP contribution in [0.2, 0.25) is 0 Å². The van der Waals surface area contributed by atoms with Crippen molar-refractivity contribution in [3.8, 4) is 0 Å². The molecule has 1 aromatic carbocycles. The number of benzene rings is 1. The van der Waals surface area contributed by atoms with Gasteiger partial charge < -0.3 is 10.0 Å². The molecule has 0 heterocycles. The SMILES string of the molecule is CCCCCN(C)CC(O)c1c(C)cc(C)cc1C. The van der Waals surface area contributed by atoms with Crippen LogP contribution in [0.5, 0.6) is 0 Å². The van der Waals surface area contributed by atoms with Gasteiger partial charge in [-0.25, -0.2) is 0 Å². The van der Waals surface area contributed by atoms with Gasteiger partial charge in [0.1, 0.15) is 0 Å². The minimum atomic E-state index is -0.382. The Balaban J connectivity index is 2.65. The van der Waals surface area contributed by atoms with Gasteiger partial charge in [0.05, 0.1) is 6.10 Å². The fourth-order valence-electron chi connectivity index (χ4n) is 2.83. The van der Waals surface area contributed by atoms with Crippen molar-refractivity contribution in [3.63, 3.8) is 0 Å². The summed E-state index contributed by atoms with van der Waals surface area (Å²) in [6.45, 7) is 10.3. The monoisotopic (exact) mass is 263 g/mol. The molecule has 0 fully saturated rings. The van der Waals surface area contributed by atoms with E-state index in [9.17, 15) is 5.11 Å². The van der Waals surface area contributed by atoms with Gasteiger partial charge in [0.2, 0.25) is 0 Å². The number of aliphatic hydroxyl groups is 1. The largest absolute Gasteiger partial charge is 0.387 e. The molecule has 0 aromatic heterocycles. The number of hydrogen-bond acceptors (Lipinski definition) is 2. The third-order valence-corrected chi connectivity index (χ3v) is 3.70. The molecule has 1 unspecified atom stereocenters. The molecule has 0 bridgehead atoms. The first-order valence-corrected chi connectivity index (χ1v) is 7.40. The molecule has 108 valence electrons. The van der Waals surface area contributed by atoms with Gasteiger partial charge in [0.15, 0.2) is 0 Å². The Morgan fingerprint density at radius 1 is 1.11 bits per heavy atom. The van der Waals surface area contributed by atoms with Crippen LogP contribution in [0.15, 0.2) is 12.1 Å². The van der Waals surface area contributed by atoms with Crippen LogP contribution < -0.4 is 0 Å². The predicted octanol–water partition coefficient (Wildman–Crippen LogP) is 3.77. The summed E-state index contributed by atoms with van der Waals surface area (Å²) in [5.74, 6) is 0. The highest BCUT2D eigenvalue weighted by molar-refractivity contribution is 5.39. The van der Waals surface area contributed by atoms with Crippen molar-refractivity contribution in [1.82, 2.24) is 4.90 Å². The zero-order valence-electron chi connectivity index (χ0n) is 13.2. The van der Waals surface area contributed by atoms with Crippen LogP contribution in [0.25, 0.3) is 0 Å². The molecule has 0 spiro atoms. The van der Waals surface area contributed by atoms with Gasteiger partial charge >= 0.3 is 0 Å². The second-order valence-corrected chi connectivity index (χ2v) is 5.80. The highest BCUT2D eigenvalue weighted by Gasteiger charge is 2.15. The van der Waals surface area contributed by atoms with Crippen molar-refractivity contribution in [2.75, 3.05) is 20.1 Å². The number of unbranched alkanes of at least 4 members (excludes halogenated alkanes) is 2. The normalized spacial score (nSPS) is 13.0.